The van der Waals surface area contributed by atoms with E-state index in [4.69, 9.17) is 4.74 Å². The molecule has 2 fully saturated rings. The quantitative estimate of drug-likeness (QED) is 0.622. The van der Waals surface area contributed by atoms with Crippen molar-refractivity contribution in [3.05, 3.63) is 0 Å². The van der Waals surface area contributed by atoms with E-state index in [-0.39, 0.29) is 0 Å². The van der Waals surface area contributed by atoms with Gasteiger partial charge in [0.25, 0.3) is 0 Å². The molecule has 70 valence electrons. The Kier molecular flexibility index (Phi) is 2.36. The number of rotatable bonds is 0. The van der Waals surface area contributed by atoms with Crippen LogP contribution in [-0.4, -0.2) is 29.4 Å². The molecule has 2 heterocycles. The zero-order valence-corrected chi connectivity index (χ0v) is 8.62. The molecule has 0 amide bonds. The predicted molar refractivity (Wildman–Crippen MR) is 52.4 cm³/mol. The summed E-state index contributed by atoms with van der Waals surface area (Å²) in [4.78, 5) is 0.358. The lowest BCUT2D eigenvalue weighted by Gasteiger charge is -2.36. The minimum Gasteiger partial charge on any atom is -0.378 e. The van der Waals surface area contributed by atoms with Gasteiger partial charge in [-0.15, -0.1) is 11.8 Å². The summed E-state index contributed by atoms with van der Waals surface area (Å²) >= 11 is 2.10. The highest BCUT2D eigenvalue weighted by molar-refractivity contribution is 8.01. The normalized spacial score (nSPS) is 48.5. The Balaban J connectivity index is 2.00. The van der Waals surface area contributed by atoms with Crippen LogP contribution < -0.4 is 5.32 Å². The molecule has 3 atom stereocenters. The van der Waals surface area contributed by atoms with Crippen molar-refractivity contribution in [1.29, 1.82) is 0 Å². The van der Waals surface area contributed by atoms with Gasteiger partial charge in [-0.1, -0.05) is 6.92 Å². The highest BCUT2D eigenvalue weighted by Crippen LogP contribution is 2.41. The maximum Gasteiger partial charge on any atom is 0.0695 e. The second-order valence-corrected chi connectivity index (χ2v) is 5.76. The standard InChI is InChI=1S/C9H17NOS/c1-7-5-9(3-4-11-7)10-6-8(2)12-9/h7-8,10H,3-6H2,1-2H3. The molecule has 0 aromatic heterocycles. The molecule has 12 heavy (non-hydrogen) atoms. The van der Waals surface area contributed by atoms with Gasteiger partial charge in [0.1, 0.15) is 0 Å². The minimum atomic E-state index is 0.358. The highest BCUT2D eigenvalue weighted by Gasteiger charge is 2.41. The van der Waals surface area contributed by atoms with E-state index in [2.05, 4.69) is 30.9 Å². The molecule has 0 aromatic carbocycles. The van der Waals surface area contributed by atoms with E-state index in [1.165, 1.54) is 12.8 Å². The maximum absolute atomic E-state index is 5.55. The van der Waals surface area contributed by atoms with Crippen molar-refractivity contribution in [2.45, 2.75) is 42.9 Å². The van der Waals surface area contributed by atoms with Gasteiger partial charge in [-0.2, -0.15) is 0 Å². The summed E-state index contributed by atoms with van der Waals surface area (Å²) in [5, 5.41) is 4.41. The molecule has 2 aliphatic heterocycles. The van der Waals surface area contributed by atoms with Crippen molar-refractivity contribution in [1.82, 2.24) is 5.32 Å². The van der Waals surface area contributed by atoms with Crippen LogP contribution in [0, 0.1) is 0 Å². The molecule has 2 rings (SSSR count). The molecule has 0 bridgehead atoms. The third-order valence-corrected chi connectivity index (χ3v) is 4.20. The zero-order valence-electron chi connectivity index (χ0n) is 7.80. The number of nitrogens with one attached hydrogen (secondary N) is 1. The Bertz CT molecular complexity index is 172. The molecule has 0 saturated carbocycles. The van der Waals surface area contributed by atoms with Gasteiger partial charge in [-0.05, 0) is 13.3 Å². The first-order valence-electron chi connectivity index (χ1n) is 4.75. The van der Waals surface area contributed by atoms with E-state index in [0.717, 1.165) is 18.4 Å². The molecule has 3 unspecified atom stereocenters. The average Bonchev–Trinajstić information content (AvgIpc) is 2.32. The van der Waals surface area contributed by atoms with Crippen molar-refractivity contribution in [2.24, 2.45) is 0 Å². The zero-order chi connectivity index (χ0) is 8.60. The van der Waals surface area contributed by atoms with Gasteiger partial charge in [-0.3, -0.25) is 0 Å². The van der Waals surface area contributed by atoms with Crippen LogP contribution in [0.1, 0.15) is 26.7 Å². The molecule has 0 aromatic rings. The number of hydrogen-bond donors (Lipinski definition) is 1. The van der Waals surface area contributed by atoms with Gasteiger partial charge >= 0.3 is 0 Å². The van der Waals surface area contributed by atoms with Crippen LogP contribution in [0.4, 0.5) is 0 Å². The first-order chi connectivity index (χ1) is 5.70. The van der Waals surface area contributed by atoms with Gasteiger partial charge in [0.2, 0.25) is 0 Å². The SMILES string of the molecule is CC1CC2(CCO1)NCC(C)S2. The van der Waals surface area contributed by atoms with E-state index < -0.39 is 0 Å². The first kappa shape index (κ1) is 8.85. The molecule has 0 aliphatic carbocycles. The summed E-state index contributed by atoms with van der Waals surface area (Å²) in [5.41, 5.74) is 0. The summed E-state index contributed by atoms with van der Waals surface area (Å²) in [6, 6.07) is 0. The number of hydrogen-bond acceptors (Lipinski definition) is 3. The Hall–Kier alpha value is 0.270. The fourth-order valence-corrected chi connectivity index (χ4v) is 3.75. The molecular formula is C9H17NOS. The first-order valence-corrected chi connectivity index (χ1v) is 5.63. The smallest absolute Gasteiger partial charge is 0.0695 e. The molecule has 0 radical (unpaired) electrons. The van der Waals surface area contributed by atoms with Crippen molar-refractivity contribution in [3.63, 3.8) is 0 Å². The number of thioether (sulfide) groups is 1. The second-order valence-electron chi connectivity index (χ2n) is 3.94. The average molecular weight is 187 g/mol. The third kappa shape index (κ3) is 1.63. The summed E-state index contributed by atoms with van der Waals surface area (Å²) in [6.45, 7) is 6.56. The Morgan fingerprint density at radius 3 is 2.92 bits per heavy atom. The number of ether oxygens (including phenoxy) is 1. The van der Waals surface area contributed by atoms with Crippen molar-refractivity contribution in [3.8, 4) is 0 Å². The molecular weight excluding hydrogens is 170 g/mol. The lowest BCUT2D eigenvalue weighted by molar-refractivity contribution is 0.00741. The van der Waals surface area contributed by atoms with Crippen LogP contribution in [0.25, 0.3) is 0 Å². The predicted octanol–water partition coefficient (Wildman–Crippen LogP) is 1.61. The molecule has 1 N–H and O–H groups in total. The van der Waals surface area contributed by atoms with Crippen molar-refractivity contribution < 1.29 is 4.74 Å². The molecule has 3 heteroatoms. The van der Waals surface area contributed by atoms with Crippen molar-refractivity contribution in [2.75, 3.05) is 13.2 Å². The van der Waals surface area contributed by atoms with Crippen LogP contribution >= 0.6 is 11.8 Å². The van der Waals surface area contributed by atoms with Crippen LogP contribution in [0.5, 0.6) is 0 Å². The van der Waals surface area contributed by atoms with E-state index >= 15 is 0 Å². The molecule has 2 nitrogen and oxygen atoms in total. The van der Waals surface area contributed by atoms with E-state index in [1.54, 1.807) is 0 Å². The summed E-state index contributed by atoms with van der Waals surface area (Å²) in [7, 11) is 0. The van der Waals surface area contributed by atoms with Crippen LogP contribution in [-0.2, 0) is 4.74 Å². The maximum atomic E-state index is 5.55. The van der Waals surface area contributed by atoms with Gasteiger partial charge in [0, 0.05) is 24.8 Å². The van der Waals surface area contributed by atoms with Crippen LogP contribution in [0.3, 0.4) is 0 Å². The topological polar surface area (TPSA) is 21.3 Å². The Morgan fingerprint density at radius 1 is 1.50 bits per heavy atom. The lowest BCUT2D eigenvalue weighted by atomic mass is 10.0. The summed E-state index contributed by atoms with van der Waals surface area (Å²) in [6.07, 6.45) is 2.78. The lowest BCUT2D eigenvalue weighted by Crippen LogP contribution is -2.45. The van der Waals surface area contributed by atoms with Gasteiger partial charge < -0.3 is 10.1 Å². The second kappa shape index (κ2) is 3.20. The van der Waals surface area contributed by atoms with E-state index in [1.807, 2.05) is 0 Å². The fraction of sp³-hybridized carbons (Fsp3) is 1.00. The largest absolute Gasteiger partial charge is 0.378 e. The fourth-order valence-electron chi connectivity index (χ4n) is 2.12. The van der Waals surface area contributed by atoms with Gasteiger partial charge in [0.15, 0.2) is 0 Å². The summed E-state index contributed by atoms with van der Waals surface area (Å²) in [5.74, 6) is 0. The van der Waals surface area contributed by atoms with E-state index in [9.17, 15) is 0 Å². The molecule has 1 spiro atoms. The Morgan fingerprint density at radius 2 is 2.33 bits per heavy atom. The van der Waals surface area contributed by atoms with Crippen molar-refractivity contribution >= 4 is 11.8 Å². The third-order valence-electron chi connectivity index (χ3n) is 2.66. The summed E-state index contributed by atoms with van der Waals surface area (Å²) < 4.78 is 5.55. The van der Waals surface area contributed by atoms with Gasteiger partial charge in [0.05, 0.1) is 11.0 Å². The monoisotopic (exact) mass is 187 g/mol. The molecule has 2 aliphatic rings. The minimum absolute atomic E-state index is 0.358. The van der Waals surface area contributed by atoms with E-state index in [0.29, 0.717) is 11.0 Å². The molecule has 2 saturated heterocycles. The van der Waals surface area contributed by atoms with Gasteiger partial charge in [-0.25, -0.2) is 0 Å². The highest BCUT2D eigenvalue weighted by atomic mass is 32.2. The van der Waals surface area contributed by atoms with Crippen LogP contribution in [0.15, 0.2) is 0 Å². The Labute approximate surface area is 78.4 Å². The van der Waals surface area contributed by atoms with Crippen LogP contribution in [0.2, 0.25) is 0 Å².